The van der Waals surface area contributed by atoms with Crippen LogP contribution in [0.15, 0.2) is 87.5 Å². The lowest BCUT2D eigenvalue weighted by Gasteiger charge is -2.20. The number of benzene rings is 3. The van der Waals surface area contributed by atoms with Crippen LogP contribution in [0.4, 0.5) is 0 Å². The molecule has 0 N–H and O–H groups in total. The Morgan fingerprint density at radius 2 is 0.731 bits per heavy atom. The monoisotopic (exact) mass is 416 g/mol. The van der Waals surface area contributed by atoms with Gasteiger partial charge in [-0.3, -0.25) is 0 Å². The van der Waals surface area contributed by atoms with Crippen molar-refractivity contribution in [2.75, 3.05) is 18.8 Å². The lowest BCUT2D eigenvalue weighted by Crippen LogP contribution is -2.25. The highest BCUT2D eigenvalue weighted by atomic mass is 32.2. The molecule has 0 aliphatic carbocycles. The molecule has 26 heavy (non-hydrogen) atoms. The van der Waals surface area contributed by atoms with Crippen LogP contribution < -0.4 is 15.9 Å². The fourth-order valence-corrected chi connectivity index (χ4v) is 6.65. The highest BCUT2D eigenvalue weighted by Crippen LogP contribution is 2.43. The minimum Gasteiger partial charge on any atom is -0.309 e. The molecular weight excluding hydrogens is 395 g/mol. The SMILES string of the molecule is CSc1ccc(P(=O)(c2ccc(SC)cc2)c2ccc(SC)cc2)cc1. The van der Waals surface area contributed by atoms with Gasteiger partial charge in [0.15, 0.2) is 7.14 Å². The Balaban J connectivity index is 2.16. The molecule has 0 amide bonds. The number of hydrogen-bond acceptors (Lipinski definition) is 4. The van der Waals surface area contributed by atoms with Crippen molar-refractivity contribution in [2.24, 2.45) is 0 Å². The standard InChI is InChI=1S/C21H21OPS3/c1-24-19-10-4-16(5-11-19)23(22,17-6-12-20(25-2)13-7-17)18-8-14-21(26-3)15-9-18/h4-15H,1-3H3. The van der Waals surface area contributed by atoms with Gasteiger partial charge >= 0.3 is 0 Å². The highest BCUT2D eigenvalue weighted by Gasteiger charge is 2.29. The molecule has 0 aromatic heterocycles. The molecule has 134 valence electrons. The van der Waals surface area contributed by atoms with E-state index in [0.29, 0.717) is 0 Å². The zero-order chi connectivity index (χ0) is 18.6. The fraction of sp³-hybridized carbons (Fsp3) is 0.143. The summed E-state index contributed by atoms with van der Waals surface area (Å²) in [5.41, 5.74) is 0. The summed E-state index contributed by atoms with van der Waals surface area (Å²) in [7, 11) is -2.90. The molecule has 3 aromatic carbocycles. The van der Waals surface area contributed by atoms with Gasteiger partial charge in [0.25, 0.3) is 0 Å². The third kappa shape index (κ3) is 3.94. The van der Waals surface area contributed by atoms with Crippen LogP contribution in [0.5, 0.6) is 0 Å². The number of hydrogen-bond donors (Lipinski definition) is 0. The van der Waals surface area contributed by atoms with Crippen molar-refractivity contribution in [1.29, 1.82) is 0 Å². The summed E-state index contributed by atoms with van der Waals surface area (Å²) in [6.07, 6.45) is 6.16. The maximum absolute atomic E-state index is 14.4. The summed E-state index contributed by atoms with van der Waals surface area (Å²) in [6.45, 7) is 0. The van der Waals surface area contributed by atoms with Crippen LogP contribution >= 0.6 is 42.4 Å². The largest absolute Gasteiger partial charge is 0.309 e. The molecule has 3 rings (SSSR count). The Bertz CT molecular complexity index is 781. The highest BCUT2D eigenvalue weighted by molar-refractivity contribution is 7.99. The smallest absolute Gasteiger partial charge is 0.171 e. The van der Waals surface area contributed by atoms with Crippen molar-refractivity contribution >= 4 is 58.3 Å². The maximum atomic E-state index is 14.4. The van der Waals surface area contributed by atoms with Crippen molar-refractivity contribution in [3.05, 3.63) is 72.8 Å². The summed E-state index contributed by atoms with van der Waals surface area (Å²) in [5, 5.41) is 2.64. The average molecular weight is 417 g/mol. The van der Waals surface area contributed by atoms with Gasteiger partial charge in [-0.15, -0.1) is 35.3 Å². The van der Waals surface area contributed by atoms with Crippen LogP contribution in [0.1, 0.15) is 0 Å². The summed E-state index contributed by atoms with van der Waals surface area (Å²) < 4.78 is 14.4. The van der Waals surface area contributed by atoms with Gasteiger partial charge in [-0.1, -0.05) is 0 Å². The molecule has 0 atom stereocenters. The molecule has 0 heterocycles. The predicted molar refractivity (Wildman–Crippen MR) is 121 cm³/mol. The molecule has 0 fully saturated rings. The van der Waals surface area contributed by atoms with Gasteiger partial charge in [0.2, 0.25) is 0 Å². The van der Waals surface area contributed by atoms with E-state index in [0.717, 1.165) is 15.9 Å². The molecule has 5 heteroatoms. The fourth-order valence-electron chi connectivity index (χ4n) is 2.82. The average Bonchev–Trinajstić information content (AvgIpc) is 2.73. The third-order valence-electron chi connectivity index (χ3n) is 4.31. The molecule has 1 nitrogen and oxygen atoms in total. The van der Waals surface area contributed by atoms with E-state index < -0.39 is 7.14 Å². The molecule has 0 saturated heterocycles. The van der Waals surface area contributed by atoms with Crippen LogP contribution in [0.2, 0.25) is 0 Å². The Morgan fingerprint density at radius 1 is 0.500 bits per heavy atom. The molecule has 0 aliphatic heterocycles. The van der Waals surface area contributed by atoms with E-state index in [-0.39, 0.29) is 0 Å². The molecule has 0 bridgehead atoms. The van der Waals surface area contributed by atoms with Gasteiger partial charge in [-0.25, -0.2) is 0 Å². The van der Waals surface area contributed by atoms with Gasteiger partial charge in [0.1, 0.15) is 0 Å². The molecule has 3 aromatic rings. The molecule has 0 spiro atoms. The molecular formula is C21H21OPS3. The number of thioether (sulfide) groups is 3. The van der Waals surface area contributed by atoms with E-state index >= 15 is 0 Å². The van der Waals surface area contributed by atoms with Crippen LogP contribution in [-0.4, -0.2) is 18.8 Å². The Labute approximate surface area is 168 Å². The Kier molecular flexibility index (Phi) is 6.63. The van der Waals surface area contributed by atoms with E-state index in [1.54, 1.807) is 35.3 Å². The van der Waals surface area contributed by atoms with E-state index in [1.807, 2.05) is 36.4 Å². The second kappa shape index (κ2) is 8.75. The molecule has 0 radical (unpaired) electrons. The van der Waals surface area contributed by atoms with Crippen molar-refractivity contribution in [1.82, 2.24) is 0 Å². The van der Waals surface area contributed by atoms with Gasteiger partial charge in [-0.2, -0.15) is 0 Å². The van der Waals surface area contributed by atoms with Crippen LogP contribution in [0.3, 0.4) is 0 Å². The lowest BCUT2D eigenvalue weighted by molar-refractivity contribution is 0.592. The second-order valence-electron chi connectivity index (χ2n) is 5.70. The quantitative estimate of drug-likeness (QED) is 0.390. The summed E-state index contributed by atoms with van der Waals surface area (Å²) in [6, 6.07) is 24.4. The first-order valence-electron chi connectivity index (χ1n) is 8.15. The minimum atomic E-state index is -2.90. The molecule has 0 saturated carbocycles. The summed E-state index contributed by atoms with van der Waals surface area (Å²) in [4.78, 5) is 3.53. The van der Waals surface area contributed by atoms with E-state index in [9.17, 15) is 4.57 Å². The minimum absolute atomic E-state index is 0.879. The van der Waals surface area contributed by atoms with Crippen molar-refractivity contribution < 1.29 is 4.57 Å². The van der Waals surface area contributed by atoms with Crippen molar-refractivity contribution in [3.8, 4) is 0 Å². The normalized spacial score (nSPS) is 11.5. The number of rotatable bonds is 6. The molecule has 0 aliphatic rings. The first-order chi connectivity index (χ1) is 12.6. The predicted octanol–water partition coefficient (Wildman–Crippen LogP) is 5.49. The maximum Gasteiger partial charge on any atom is 0.171 e. The van der Waals surface area contributed by atoms with Crippen LogP contribution in [-0.2, 0) is 4.57 Å². The van der Waals surface area contributed by atoms with Gasteiger partial charge in [-0.05, 0) is 91.6 Å². The van der Waals surface area contributed by atoms with Crippen molar-refractivity contribution in [3.63, 3.8) is 0 Å². The van der Waals surface area contributed by atoms with Crippen molar-refractivity contribution in [2.45, 2.75) is 14.7 Å². The third-order valence-corrected chi connectivity index (χ3v) is 9.61. The second-order valence-corrected chi connectivity index (χ2v) is 11.1. The van der Waals surface area contributed by atoms with E-state index in [1.165, 1.54) is 14.7 Å². The molecule has 0 unspecified atom stereocenters. The summed E-state index contributed by atoms with van der Waals surface area (Å²) >= 11 is 5.08. The van der Waals surface area contributed by atoms with Crippen LogP contribution in [0.25, 0.3) is 0 Å². The lowest BCUT2D eigenvalue weighted by atomic mass is 10.3. The van der Waals surface area contributed by atoms with E-state index in [4.69, 9.17) is 0 Å². The van der Waals surface area contributed by atoms with Gasteiger partial charge in [0.05, 0.1) is 0 Å². The van der Waals surface area contributed by atoms with Crippen LogP contribution in [0, 0.1) is 0 Å². The topological polar surface area (TPSA) is 17.1 Å². The Hall–Kier alpha value is -1.06. The van der Waals surface area contributed by atoms with Gasteiger partial charge in [0, 0.05) is 30.6 Å². The summed E-state index contributed by atoms with van der Waals surface area (Å²) in [5.74, 6) is 0. The zero-order valence-corrected chi connectivity index (χ0v) is 18.4. The Morgan fingerprint density at radius 3 is 0.923 bits per heavy atom. The van der Waals surface area contributed by atoms with Gasteiger partial charge < -0.3 is 4.57 Å². The zero-order valence-electron chi connectivity index (χ0n) is 15.0. The first kappa shape index (κ1) is 19.7. The van der Waals surface area contributed by atoms with E-state index in [2.05, 4.69) is 55.2 Å². The first-order valence-corrected chi connectivity index (χ1v) is 13.5.